The van der Waals surface area contributed by atoms with Crippen LogP contribution >= 0.6 is 11.6 Å². The van der Waals surface area contributed by atoms with Crippen molar-refractivity contribution in [3.8, 4) is 11.8 Å². The Morgan fingerprint density at radius 2 is 1.84 bits per heavy atom. The van der Waals surface area contributed by atoms with Crippen LogP contribution in [-0.4, -0.2) is 27.0 Å². The molecule has 0 radical (unpaired) electrons. The summed E-state index contributed by atoms with van der Waals surface area (Å²) in [5.74, 6) is -0.156. The molecule has 9 heteroatoms. The Morgan fingerprint density at radius 1 is 1.16 bits per heavy atom. The third-order valence-electron chi connectivity index (χ3n) is 5.93. The lowest BCUT2D eigenvalue weighted by Gasteiger charge is -2.14. The Hall–Kier alpha value is -2.60. The number of hydrogen-bond donors (Lipinski definition) is 2. The van der Waals surface area contributed by atoms with Gasteiger partial charge in [0.1, 0.15) is 5.75 Å². The number of sulfonamides is 1. The van der Waals surface area contributed by atoms with Crippen molar-refractivity contribution < 1.29 is 17.9 Å². The maximum Gasteiger partial charge on any atom is 0.262 e. The van der Waals surface area contributed by atoms with Gasteiger partial charge in [0.25, 0.3) is 5.91 Å². The Kier molecular flexibility index (Phi) is 6.42. The summed E-state index contributed by atoms with van der Waals surface area (Å²) in [6, 6.07) is 13.7. The highest BCUT2D eigenvalue weighted by atomic mass is 35.5. The molecular formula is C23H24ClN3O4S. The van der Waals surface area contributed by atoms with Gasteiger partial charge in [-0.15, -0.1) is 0 Å². The normalized spacial score (nSPS) is 17.5. The van der Waals surface area contributed by atoms with E-state index in [4.69, 9.17) is 16.3 Å². The highest BCUT2D eigenvalue weighted by molar-refractivity contribution is 7.89. The van der Waals surface area contributed by atoms with E-state index in [1.165, 1.54) is 18.2 Å². The van der Waals surface area contributed by atoms with Gasteiger partial charge in [-0.2, -0.15) is 5.26 Å². The summed E-state index contributed by atoms with van der Waals surface area (Å²) >= 11 is 6.20. The number of anilines is 1. The van der Waals surface area contributed by atoms with Crippen molar-refractivity contribution in [2.75, 3.05) is 11.9 Å². The molecule has 0 saturated heterocycles. The van der Waals surface area contributed by atoms with E-state index in [2.05, 4.69) is 16.1 Å². The molecule has 2 N–H and O–H groups in total. The van der Waals surface area contributed by atoms with Crippen LogP contribution in [0.2, 0.25) is 5.02 Å². The number of benzene rings is 2. The first-order valence-electron chi connectivity index (χ1n) is 10.6. The Morgan fingerprint density at radius 3 is 2.44 bits per heavy atom. The van der Waals surface area contributed by atoms with Crippen LogP contribution in [0.4, 0.5) is 5.69 Å². The number of hydrogen-bond acceptors (Lipinski definition) is 5. The number of ether oxygens (including phenoxy) is 1. The SMILES string of the molecule is N#CC1(c2ccc(NC(=O)COc3ccc(S(=O)(=O)NC4CCCC4)cc3Cl)cc2)CC1. The molecule has 0 aliphatic heterocycles. The zero-order chi connectivity index (χ0) is 22.8. The topological polar surface area (TPSA) is 108 Å². The van der Waals surface area contributed by atoms with E-state index in [-0.39, 0.29) is 39.6 Å². The lowest BCUT2D eigenvalue weighted by molar-refractivity contribution is -0.118. The Labute approximate surface area is 192 Å². The minimum atomic E-state index is -3.66. The lowest BCUT2D eigenvalue weighted by Crippen LogP contribution is -2.32. The monoisotopic (exact) mass is 473 g/mol. The number of nitrogens with zero attached hydrogens (tertiary/aromatic N) is 1. The van der Waals surface area contributed by atoms with Crippen LogP contribution < -0.4 is 14.8 Å². The third-order valence-corrected chi connectivity index (χ3v) is 7.75. The van der Waals surface area contributed by atoms with E-state index in [0.717, 1.165) is 44.1 Å². The van der Waals surface area contributed by atoms with Gasteiger partial charge >= 0.3 is 0 Å². The van der Waals surface area contributed by atoms with Crippen LogP contribution in [0.15, 0.2) is 47.4 Å². The molecule has 2 fully saturated rings. The largest absolute Gasteiger partial charge is 0.482 e. The first kappa shape index (κ1) is 22.6. The van der Waals surface area contributed by atoms with Crippen molar-refractivity contribution >= 4 is 33.2 Å². The van der Waals surface area contributed by atoms with Gasteiger partial charge in [0.15, 0.2) is 6.61 Å². The van der Waals surface area contributed by atoms with E-state index in [1.807, 2.05) is 12.1 Å². The van der Waals surface area contributed by atoms with Crippen molar-refractivity contribution in [2.24, 2.45) is 0 Å². The van der Waals surface area contributed by atoms with Gasteiger partial charge in [-0.05, 0) is 61.6 Å². The third kappa shape index (κ3) is 5.07. The van der Waals surface area contributed by atoms with E-state index in [0.29, 0.717) is 5.69 Å². The number of carbonyl (C=O) groups is 1. The quantitative estimate of drug-likeness (QED) is 0.599. The molecule has 0 bridgehead atoms. The van der Waals surface area contributed by atoms with Gasteiger partial charge in [-0.3, -0.25) is 4.79 Å². The molecule has 2 aliphatic carbocycles. The summed E-state index contributed by atoms with van der Waals surface area (Å²) in [7, 11) is -3.66. The lowest BCUT2D eigenvalue weighted by atomic mass is 9.98. The summed E-state index contributed by atoms with van der Waals surface area (Å²) in [6.07, 6.45) is 5.44. The number of carbonyl (C=O) groups excluding carboxylic acids is 1. The summed E-state index contributed by atoms with van der Waals surface area (Å²) in [6.45, 7) is -0.282. The molecule has 2 aromatic rings. The van der Waals surface area contributed by atoms with Crippen LogP contribution in [0.3, 0.4) is 0 Å². The van der Waals surface area contributed by atoms with Gasteiger partial charge in [-0.1, -0.05) is 36.6 Å². The zero-order valence-corrected chi connectivity index (χ0v) is 19.0. The Bertz CT molecular complexity index is 1150. The average molecular weight is 474 g/mol. The zero-order valence-electron chi connectivity index (χ0n) is 17.4. The predicted octanol–water partition coefficient (Wildman–Crippen LogP) is 4.13. The fourth-order valence-electron chi connectivity index (χ4n) is 3.90. The van der Waals surface area contributed by atoms with E-state index >= 15 is 0 Å². The summed E-state index contributed by atoms with van der Waals surface area (Å²) < 4.78 is 33.3. The fourth-order valence-corrected chi connectivity index (χ4v) is 5.53. The average Bonchev–Trinajstić information content (AvgIpc) is 3.42. The smallest absolute Gasteiger partial charge is 0.262 e. The fraction of sp³-hybridized carbons (Fsp3) is 0.391. The van der Waals surface area contributed by atoms with Crippen molar-refractivity contribution in [3.05, 3.63) is 53.1 Å². The number of nitrogens with one attached hydrogen (secondary N) is 2. The molecule has 2 aromatic carbocycles. The first-order valence-corrected chi connectivity index (χ1v) is 12.4. The summed E-state index contributed by atoms with van der Waals surface area (Å²) in [5, 5.41) is 12.1. The van der Waals surface area contributed by atoms with Gasteiger partial charge < -0.3 is 10.1 Å². The van der Waals surface area contributed by atoms with Crippen LogP contribution in [0.1, 0.15) is 44.1 Å². The second kappa shape index (κ2) is 9.10. The molecule has 2 aliphatic rings. The molecule has 32 heavy (non-hydrogen) atoms. The van der Waals surface area contributed by atoms with E-state index < -0.39 is 10.0 Å². The van der Waals surface area contributed by atoms with Crippen molar-refractivity contribution in [1.82, 2.24) is 4.72 Å². The van der Waals surface area contributed by atoms with Gasteiger partial charge in [-0.25, -0.2) is 13.1 Å². The molecule has 2 saturated carbocycles. The highest BCUT2D eigenvalue weighted by Crippen LogP contribution is 2.47. The number of rotatable bonds is 8. The van der Waals surface area contributed by atoms with Crippen molar-refractivity contribution in [1.29, 1.82) is 5.26 Å². The summed E-state index contributed by atoms with van der Waals surface area (Å²) in [5.41, 5.74) is 1.19. The molecule has 1 amide bonds. The van der Waals surface area contributed by atoms with E-state index in [9.17, 15) is 18.5 Å². The number of nitriles is 1. The van der Waals surface area contributed by atoms with Gasteiger partial charge in [0, 0.05) is 11.7 Å². The molecular weight excluding hydrogens is 450 g/mol. The first-order chi connectivity index (χ1) is 15.3. The molecule has 4 rings (SSSR count). The standard InChI is InChI=1S/C23H24ClN3O4S/c24-20-13-19(32(29,30)27-18-3-1-2-4-18)9-10-21(20)31-14-22(28)26-17-7-5-16(6-8-17)23(15-25)11-12-23/h5-10,13,18,27H,1-4,11-12,14H2,(H,26,28). The van der Waals surface area contributed by atoms with Crippen LogP contribution in [0, 0.1) is 11.3 Å². The highest BCUT2D eigenvalue weighted by Gasteiger charge is 2.44. The molecule has 168 valence electrons. The van der Waals surface area contributed by atoms with Crippen LogP contribution in [0.25, 0.3) is 0 Å². The Balaban J connectivity index is 1.32. The predicted molar refractivity (Wildman–Crippen MR) is 121 cm³/mol. The molecule has 0 unspecified atom stereocenters. The van der Waals surface area contributed by atoms with Gasteiger partial charge in [0.05, 0.1) is 21.4 Å². The molecule has 7 nitrogen and oxygen atoms in total. The second-order valence-electron chi connectivity index (χ2n) is 8.30. The molecule has 0 aromatic heterocycles. The maximum absolute atomic E-state index is 12.5. The van der Waals surface area contributed by atoms with Crippen LogP contribution in [0.5, 0.6) is 5.75 Å². The van der Waals surface area contributed by atoms with Gasteiger partial charge in [0.2, 0.25) is 10.0 Å². The molecule has 0 atom stereocenters. The minimum Gasteiger partial charge on any atom is -0.482 e. The second-order valence-corrected chi connectivity index (χ2v) is 10.4. The van der Waals surface area contributed by atoms with Crippen LogP contribution in [-0.2, 0) is 20.2 Å². The summed E-state index contributed by atoms with van der Waals surface area (Å²) in [4.78, 5) is 12.3. The minimum absolute atomic E-state index is 0.0397. The van der Waals surface area contributed by atoms with E-state index in [1.54, 1.807) is 12.1 Å². The van der Waals surface area contributed by atoms with Crippen molar-refractivity contribution in [3.63, 3.8) is 0 Å². The number of amides is 1. The molecule has 0 heterocycles. The van der Waals surface area contributed by atoms with Crippen molar-refractivity contribution in [2.45, 2.75) is 54.9 Å². The number of halogens is 1. The maximum atomic E-state index is 12.5. The molecule has 0 spiro atoms.